The standard InChI is InChI=1S/C23H26N6O4S2/c30-35(31,32)16-4-6-28(7-5-16)14-15-12-20-21(34-15)23(29-8-10-33-11-9-29)26-22(25-20)17-2-1-3-19-18(17)13-24-27-19/h1-3,12-13,16H,4-11,14H2,(H,24,27)(H,30,31,32). The predicted octanol–water partition coefficient (Wildman–Crippen LogP) is 2.92. The molecule has 10 nitrogen and oxygen atoms in total. The molecule has 0 atom stereocenters. The first-order chi connectivity index (χ1) is 17.0. The van der Waals surface area contributed by atoms with Crippen LogP contribution in [0.25, 0.3) is 32.5 Å². The second-order valence-corrected chi connectivity index (χ2v) is 11.9. The Morgan fingerprint density at radius 3 is 2.71 bits per heavy atom. The minimum Gasteiger partial charge on any atom is -0.378 e. The zero-order chi connectivity index (χ0) is 24.0. The number of benzene rings is 1. The summed E-state index contributed by atoms with van der Waals surface area (Å²) in [4.78, 5) is 15.7. The van der Waals surface area contributed by atoms with Gasteiger partial charge in [-0.15, -0.1) is 11.3 Å². The molecule has 2 aliphatic rings. The van der Waals surface area contributed by atoms with E-state index in [1.807, 2.05) is 24.4 Å². The summed E-state index contributed by atoms with van der Waals surface area (Å²) < 4.78 is 38.9. The van der Waals surface area contributed by atoms with Gasteiger partial charge in [0.1, 0.15) is 0 Å². The molecule has 2 fully saturated rings. The second kappa shape index (κ2) is 9.10. The fraction of sp³-hybridized carbons (Fsp3) is 0.435. The number of aromatic amines is 1. The number of H-pyrrole nitrogens is 1. The van der Waals surface area contributed by atoms with Crippen molar-refractivity contribution in [3.05, 3.63) is 35.3 Å². The van der Waals surface area contributed by atoms with Crippen molar-refractivity contribution >= 4 is 48.4 Å². The second-order valence-electron chi connectivity index (χ2n) is 9.02. The third-order valence-electron chi connectivity index (χ3n) is 6.78. The summed E-state index contributed by atoms with van der Waals surface area (Å²) in [6.45, 7) is 4.87. The van der Waals surface area contributed by atoms with Crippen LogP contribution in [0.2, 0.25) is 0 Å². The van der Waals surface area contributed by atoms with Crippen LogP contribution < -0.4 is 4.90 Å². The molecule has 2 saturated heterocycles. The first-order valence-corrected chi connectivity index (χ1v) is 14.0. The zero-order valence-corrected chi connectivity index (χ0v) is 20.7. The Labute approximate surface area is 206 Å². The third-order valence-corrected chi connectivity index (χ3v) is 9.20. The summed E-state index contributed by atoms with van der Waals surface area (Å²) in [6, 6.07) is 8.11. The Morgan fingerprint density at radius 1 is 1.14 bits per heavy atom. The zero-order valence-electron chi connectivity index (χ0n) is 19.1. The van der Waals surface area contributed by atoms with E-state index in [1.54, 1.807) is 11.3 Å². The van der Waals surface area contributed by atoms with Gasteiger partial charge in [0, 0.05) is 35.5 Å². The summed E-state index contributed by atoms with van der Waals surface area (Å²) in [5.41, 5.74) is 2.79. The summed E-state index contributed by atoms with van der Waals surface area (Å²) in [7, 11) is -3.97. The van der Waals surface area contributed by atoms with Crippen LogP contribution >= 0.6 is 11.3 Å². The van der Waals surface area contributed by atoms with Gasteiger partial charge in [0.2, 0.25) is 0 Å². The van der Waals surface area contributed by atoms with Crippen LogP contribution in [0.4, 0.5) is 5.82 Å². The maximum absolute atomic E-state index is 11.5. The van der Waals surface area contributed by atoms with Gasteiger partial charge in [-0.1, -0.05) is 12.1 Å². The van der Waals surface area contributed by atoms with Crippen molar-refractivity contribution < 1.29 is 17.7 Å². The highest BCUT2D eigenvalue weighted by Gasteiger charge is 2.29. The van der Waals surface area contributed by atoms with Crippen molar-refractivity contribution in [3.63, 3.8) is 0 Å². The smallest absolute Gasteiger partial charge is 0.267 e. The Bertz CT molecular complexity index is 1470. The molecule has 0 amide bonds. The van der Waals surface area contributed by atoms with E-state index in [0.29, 0.717) is 51.5 Å². The van der Waals surface area contributed by atoms with E-state index in [0.717, 1.165) is 50.5 Å². The molecule has 5 heterocycles. The van der Waals surface area contributed by atoms with Crippen LogP contribution in [0.15, 0.2) is 30.5 Å². The Morgan fingerprint density at radius 2 is 1.94 bits per heavy atom. The van der Waals surface area contributed by atoms with Gasteiger partial charge in [-0.05, 0) is 38.1 Å². The van der Waals surface area contributed by atoms with Gasteiger partial charge < -0.3 is 9.64 Å². The van der Waals surface area contributed by atoms with E-state index in [1.165, 1.54) is 0 Å². The number of rotatable bonds is 5. The van der Waals surface area contributed by atoms with Gasteiger partial charge in [0.05, 0.1) is 40.4 Å². The molecular weight excluding hydrogens is 488 g/mol. The average molecular weight is 515 g/mol. The van der Waals surface area contributed by atoms with Gasteiger partial charge in [0.25, 0.3) is 10.1 Å². The fourth-order valence-electron chi connectivity index (χ4n) is 4.90. The maximum atomic E-state index is 11.5. The number of morpholine rings is 1. The highest BCUT2D eigenvalue weighted by Crippen LogP contribution is 2.36. The minimum atomic E-state index is -3.97. The molecular formula is C23H26N6O4S2. The largest absolute Gasteiger partial charge is 0.378 e. The fourth-order valence-corrected chi connectivity index (χ4v) is 6.86. The van der Waals surface area contributed by atoms with Crippen molar-refractivity contribution in [2.24, 2.45) is 0 Å². The summed E-state index contributed by atoms with van der Waals surface area (Å²) >= 11 is 1.69. The highest BCUT2D eigenvalue weighted by molar-refractivity contribution is 7.86. The third kappa shape index (κ3) is 4.52. The van der Waals surface area contributed by atoms with Crippen molar-refractivity contribution in [3.8, 4) is 11.4 Å². The van der Waals surface area contributed by atoms with Crippen LogP contribution in [0.3, 0.4) is 0 Å². The summed E-state index contributed by atoms with van der Waals surface area (Å²) in [5, 5.41) is 7.53. The molecule has 1 aromatic carbocycles. The molecule has 6 rings (SSSR count). The number of aromatic nitrogens is 4. The number of piperidine rings is 1. The summed E-state index contributed by atoms with van der Waals surface area (Å²) in [5.74, 6) is 1.60. The lowest BCUT2D eigenvalue weighted by atomic mass is 10.1. The van der Waals surface area contributed by atoms with Crippen molar-refractivity contribution in [1.82, 2.24) is 25.1 Å². The van der Waals surface area contributed by atoms with E-state index < -0.39 is 15.4 Å². The molecule has 0 bridgehead atoms. The van der Waals surface area contributed by atoms with E-state index in [2.05, 4.69) is 26.1 Å². The molecule has 12 heteroatoms. The number of anilines is 1. The van der Waals surface area contributed by atoms with Gasteiger partial charge in [-0.2, -0.15) is 13.5 Å². The van der Waals surface area contributed by atoms with Gasteiger partial charge in [0.15, 0.2) is 11.6 Å². The lowest BCUT2D eigenvalue weighted by molar-refractivity contribution is 0.122. The molecule has 0 radical (unpaired) electrons. The Kier molecular flexibility index (Phi) is 5.93. The number of likely N-dealkylation sites (tertiary alicyclic amines) is 1. The van der Waals surface area contributed by atoms with E-state index in [4.69, 9.17) is 14.7 Å². The minimum absolute atomic E-state index is 0.446. The van der Waals surface area contributed by atoms with E-state index >= 15 is 0 Å². The van der Waals surface area contributed by atoms with Crippen LogP contribution in [0.5, 0.6) is 0 Å². The Balaban J connectivity index is 1.36. The SMILES string of the molecule is O=S(=O)(O)C1CCN(Cc2cc3nc(-c4cccc5[nH]ncc45)nc(N4CCOCC4)c3s2)CC1. The van der Waals surface area contributed by atoms with Crippen molar-refractivity contribution in [1.29, 1.82) is 0 Å². The van der Waals surface area contributed by atoms with E-state index in [9.17, 15) is 13.0 Å². The molecule has 0 spiro atoms. The number of fused-ring (bicyclic) bond motifs is 2. The first kappa shape index (κ1) is 22.8. The van der Waals surface area contributed by atoms with E-state index in [-0.39, 0.29) is 0 Å². The number of hydrogen-bond acceptors (Lipinski definition) is 9. The van der Waals surface area contributed by atoms with Crippen LogP contribution in [-0.2, 0) is 21.4 Å². The molecule has 3 aromatic heterocycles. The number of hydrogen-bond donors (Lipinski definition) is 2. The van der Waals surface area contributed by atoms with Gasteiger partial charge in [-0.3, -0.25) is 14.6 Å². The molecule has 0 saturated carbocycles. The number of nitrogens with zero attached hydrogens (tertiary/aromatic N) is 5. The molecule has 35 heavy (non-hydrogen) atoms. The van der Waals surface area contributed by atoms with Gasteiger partial charge >= 0.3 is 0 Å². The highest BCUT2D eigenvalue weighted by atomic mass is 32.2. The van der Waals surface area contributed by atoms with Crippen LogP contribution in [0, 0.1) is 0 Å². The average Bonchev–Trinajstić information content (AvgIpc) is 3.50. The normalized spacial score (nSPS) is 18.6. The van der Waals surface area contributed by atoms with Crippen molar-refractivity contribution in [2.75, 3.05) is 44.3 Å². The maximum Gasteiger partial charge on any atom is 0.267 e. The molecule has 2 aliphatic heterocycles. The molecule has 184 valence electrons. The first-order valence-electron chi connectivity index (χ1n) is 11.7. The van der Waals surface area contributed by atoms with Crippen LogP contribution in [-0.4, -0.2) is 82.7 Å². The molecule has 0 aliphatic carbocycles. The number of nitrogens with one attached hydrogen (secondary N) is 1. The van der Waals surface area contributed by atoms with Crippen molar-refractivity contribution in [2.45, 2.75) is 24.6 Å². The lowest BCUT2D eigenvalue weighted by Gasteiger charge is -2.29. The van der Waals surface area contributed by atoms with Gasteiger partial charge in [-0.25, -0.2) is 9.97 Å². The number of thiophene rings is 1. The Hall–Kier alpha value is -2.64. The molecule has 0 unspecified atom stereocenters. The topological polar surface area (TPSA) is 125 Å². The predicted molar refractivity (Wildman–Crippen MR) is 135 cm³/mol. The quantitative estimate of drug-likeness (QED) is 0.387. The lowest BCUT2D eigenvalue weighted by Crippen LogP contribution is -2.38. The number of ether oxygens (including phenoxy) is 1. The van der Waals surface area contributed by atoms with Crippen LogP contribution in [0.1, 0.15) is 17.7 Å². The summed E-state index contributed by atoms with van der Waals surface area (Å²) in [6.07, 6.45) is 2.70. The molecule has 2 N–H and O–H groups in total. The molecule has 4 aromatic rings. The monoisotopic (exact) mass is 514 g/mol.